The number of imide groups is 1. The van der Waals surface area contributed by atoms with Crippen molar-refractivity contribution in [3.8, 4) is 0 Å². The highest BCUT2D eigenvalue weighted by Crippen LogP contribution is 2.01. The first-order valence-electron chi connectivity index (χ1n) is 4.32. The van der Waals surface area contributed by atoms with Crippen LogP contribution in [0, 0.1) is 0 Å². The summed E-state index contributed by atoms with van der Waals surface area (Å²) in [5.41, 5.74) is 0.956. The van der Waals surface area contributed by atoms with Gasteiger partial charge in [0.25, 0.3) is 0 Å². The molecule has 3 amide bonds. The summed E-state index contributed by atoms with van der Waals surface area (Å²) < 4.78 is 0. The summed E-state index contributed by atoms with van der Waals surface area (Å²) in [6, 6.07) is -0.311. The number of carbonyl (C=O) groups excluding carboxylic acids is 2. The van der Waals surface area contributed by atoms with Crippen molar-refractivity contribution in [2.24, 2.45) is 0 Å². The van der Waals surface area contributed by atoms with E-state index in [0.717, 1.165) is 5.69 Å². The Kier molecular flexibility index (Phi) is 2.18. The first kappa shape index (κ1) is 8.74. The van der Waals surface area contributed by atoms with Gasteiger partial charge in [-0.25, -0.2) is 9.78 Å². The molecule has 14 heavy (non-hydrogen) atoms. The Labute approximate surface area is 80.3 Å². The van der Waals surface area contributed by atoms with E-state index in [1.807, 2.05) is 0 Å². The van der Waals surface area contributed by atoms with Crippen LogP contribution in [0.1, 0.15) is 5.69 Å². The number of rotatable bonds is 3. The van der Waals surface area contributed by atoms with Gasteiger partial charge in [-0.05, 0) is 0 Å². The Morgan fingerprint density at radius 3 is 2.93 bits per heavy atom. The summed E-state index contributed by atoms with van der Waals surface area (Å²) in [6.45, 7) is 0.687. The van der Waals surface area contributed by atoms with Gasteiger partial charge in [0.2, 0.25) is 5.91 Å². The molecule has 0 saturated carbocycles. The fourth-order valence-electron chi connectivity index (χ4n) is 1.34. The molecule has 74 valence electrons. The minimum absolute atomic E-state index is 0.160. The van der Waals surface area contributed by atoms with Crippen LogP contribution in [0.5, 0.6) is 0 Å². The molecule has 0 bridgehead atoms. The fourth-order valence-corrected chi connectivity index (χ4v) is 1.34. The predicted octanol–water partition coefficient (Wildman–Crippen LogP) is -0.496. The van der Waals surface area contributed by atoms with E-state index in [0.29, 0.717) is 13.0 Å². The van der Waals surface area contributed by atoms with Gasteiger partial charge in [0.15, 0.2) is 0 Å². The van der Waals surface area contributed by atoms with Gasteiger partial charge >= 0.3 is 6.03 Å². The van der Waals surface area contributed by atoms with Crippen LogP contribution >= 0.6 is 0 Å². The molecule has 1 saturated heterocycles. The predicted molar refractivity (Wildman–Crippen MR) is 47.4 cm³/mol. The van der Waals surface area contributed by atoms with Crippen molar-refractivity contribution in [2.45, 2.75) is 6.42 Å². The number of aromatic amines is 1. The standard InChI is InChI=1S/C8H10N4O2/c13-7-4-12(8(14)11-7)2-1-6-3-9-5-10-6/h3,5H,1-2,4H2,(H,9,10)(H,11,13,14). The molecule has 0 atom stereocenters. The molecule has 2 N–H and O–H groups in total. The van der Waals surface area contributed by atoms with Crippen molar-refractivity contribution in [2.75, 3.05) is 13.1 Å². The highest BCUT2D eigenvalue weighted by molar-refractivity contribution is 6.01. The zero-order chi connectivity index (χ0) is 9.97. The lowest BCUT2D eigenvalue weighted by molar-refractivity contribution is -0.118. The largest absolute Gasteiger partial charge is 0.348 e. The molecule has 2 heterocycles. The number of nitrogens with zero attached hydrogens (tertiary/aromatic N) is 2. The Bertz CT molecular complexity index is 346. The molecular weight excluding hydrogens is 184 g/mol. The molecule has 0 radical (unpaired) electrons. The topological polar surface area (TPSA) is 78.1 Å². The second kappa shape index (κ2) is 3.49. The van der Waals surface area contributed by atoms with Crippen LogP contribution in [0.2, 0.25) is 0 Å². The molecule has 1 aromatic heterocycles. The maximum atomic E-state index is 11.1. The summed E-state index contributed by atoms with van der Waals surface area (Å²) in [5.74, 6) is -0.236. The van der Waals surface area contributed by atoms with E-state index in [4.69, 9.17) is 0 Å². The average Bonchev–Trinajstić information content (AvgIpc) is 2.72. The zero-order valence-electron chi connectivity index (χ0n) is 7.49. The summed E-state index contributed by atoms with van der Waals surface area (Å²) >= 11 is 0. The third-order valence-corrected chi connectivity index (χ3v) is 2.07. The zero-order valence-corrected chi connectivity index (χ0v) is 7.49. The molecule has 0 aromatic carbocycles. The smallest absolute Gasteiger partial charge is 0.324 e. The molecule has 0 unspecified atom stereocenters. The van der Waals surface area contributed by atoms with Crippen molar-refractivity contribution >= 4 is 11.9 Å². The number of amides is 3. The van der Waals surface area contributed by atoms with E-state index in [1.165, 1.54) is 4.90 Å². The van der Waals surface area contributed by atoms with Crippen LogP contribution in [0.4, 0.5) is 4.79 Å². The average molecular weight is 194 g/mol. The minimum atomic E-state index is -0.311. The van der Waals surface area contributed by atoms with Crippen molar-refractivity contribution < 1.29 is 9.59 Å². The van der Waals surface area contributed by atoms with Crippen LogP contribution in [-0.2, 0) is 11.2 Å². The molecule has 1 aliphatic rings. The van der Waals surface area contributed by atoms with E-state index in [1.54, 1.807) is 12.5 Å². The van der Waals surface area contributed by atoms with Crippen molar-refractivity contribution in [1.82, 2.24) is 20.2 Å². The fraction of sp³-hybridized carbons (Fsp3) is 0.375. The third kappa shape index (κ3) is 1.73. The van der Waals surface area contributed by atoms with E-state index >= 15 is 0 Å². The van der Waals surface area contributed by atoms with Gasteiger partial charge in [-0.1, -0.05) is 0 Å². The van der Waals surface area contributed by atoms with Crippen molar-refractivity contribution in [3.63, 3.8) is 0 Å². The first-order chi connectivity index (χ1) is 6.75. The Balaban J connectivity index is 1.87. The Morgan fingerprint density at radius 1 is 1.50 bits per heavy atom. The highest BCUT2D eigenvalue weighted by Gasteiger charge is 2.25. The lowest BCUT2D eigenvalue weighted by Crippen LogP contribution is -2.30. The Morgan fingerprint density at radius 2 is 2.36 bits per heavy atom. The van der Waals surface area contributed by atoms with E-state index in [2.05, 4.69) is 15.3 Å². The lowest BCUT2D eigenvalue weighted by Gasteiger charge is -2.11. The first-order valence-corrected chi connectivity index (χ1v) is 4.32. The molecular formula is C8H10N4O2. The van der Waals surface area contributed by atoms with Gasteiger partial charge in [0.05, 0.1) is 6.33 Å². The van der Waals surface area contributed by atoms with Gasteiger partial charge in [0.1, 0.15) is 6.54 Å². The van der Waals surface area contributed by atoms with E-state index in [-0.39, 0.29) is 18.5 Å². The van der Waals surface area contributed by atoms with Crippen LogP contribution in [-0.4, -0.2) is 39.9 Å². The molecule has 2 rings (SSSR count). The molecule has 0 spiro atoms. The van der Waals surface area contributed by atoms with E-state index in [9.17, 15) is 9.59 Å². The monoisotopic (exact) mass is 194 g/mol. The maximum Gasteiger partial charge on any atom is 0.324 e. The number of urea groups is 1. The SMILES string of the molecule is O=C1CN(CCc2cnc[nH]2)C(=O)N1. The minimum Gasteiger partial charge on any atom is -0.348 e. The number of nitrogens with one attached hydrogen (secondary N) is 2. The number of carbonyl (C=O) groups is 2. The third-order valence-electron chi connectivity index (χ3n) is 2.07. The molecule has 1 fully saturated rings. The summed E-state index contributed by atoms with van der Waals surface area (Å²) in [5, 5.41) is 2.22. The number of aromatic nitrogens is 2. The highest BCUT2D eigenvalue weighted by atomic mass is 16.2. The van der Waals surface area contributed by atoms with Crippen LogP contribution in [0.15, 0.2) is 12.5 Å². The van der Waals surface area contributed by atoms with Crippen LogP contribution in [0.25, 0.3) is 0 Å². The van der Waals surface area contributed by atoms with Crippen molar-refractivity contribution in [3.05, 3.63) is 18.2 Å². The van der Waals surface area contributed by atoms with Gasteiger partial charge in [-0.15, -0.1) is 0 Å². The second-order valence-electron chi connectivity index (χ2n) is 3.10. The quantitative estimate of drug-likeness (QED) is 0.637. The Hall–Kier alpha value is -1.85. The summed E-state index contributed by atoms with van der Waals surface area (Å²) in [7, 11) is 0. The van der Waals surface area contributed by atoms with Crippen LogP contribution in [0.3, 0.4) is 0 Å². The maximum absolute atomic E-state index is 11.1. The van der Waals surface area contributed by atoms with Gasteiger partial charge in [0, 0.05) is 24.9 Å². The molecule has 6 nitrogen and oxygen atoms in total. The number of H-pyrrole nitrogens is 1. The van der Waals surface area contributed by atoms with Crippen molar-refractivity contribution in [1.29, 1.82) is 0 Å². The lowest BCUT2D eigenvalue weighted by atomic mass is 10.3. The van der Waals surface area contributed by atoms with E-state index < -0.39 is 0 Å². The molecule has 6 heteroatoms. The molecule has 1 aromatic rings. The summed E-state index contributed by atoms with van der Waals surface area (Å²) in [6.07, 6.45) is 3.97. The number of hydrogen-bond acceptors (Lipinski definition) is 3. The number of hydrogen-bond donors (Lipinski definition) is 2. The molecule has 0 aliphatic carbocycles. The number of imidazole rings is 1. The normalized spacial score (nSPS) is 16.1. The second-order valence-corrected chi connectivity index (χ2v) is 3.10. The van der Waals surface area contributed by atoms with Crippen LogP contribution < -0.4 is 5.32 Å². The van der Waals surface area contributed by atoms with Gasteiger partial charge in [-0.2, -0.15) is 0 Å². The van der Waals surface area contributed by atoms with Gasteiger partial charge < -0.3 is 9.88 Å². The molecule has 1 aliphatic heterocycles. The summed E-state index contributed by atoms with van der Waals surface area (Å²) in [4.78, 5) is 30.2. The van der Waals surface area contributed by atoms with Gasteiger partial charge in [-0.3, -0.25) is 10.1 Å².